The van der Waals surface area contributed by atoms with Gasteiger partial charge >= 0.3 is 0 Å². The molecule has 0 aromatic heterocycles. The van der Waals surface area contributed by atoms with Crippen molar-refractivity contribution in [3.05, 3.63) is 11.6 Å². The summed E-state index contributed by atoms with van der Waals surface area (Å²) in [5.41, 5.74) is 7.87. The highest BCUT2D eigenvalue weighted by molar-refractivity contribution is 4.95. The van der Waals surface area contributed by atoms with E-state index in [0.717, 1.165) is 5.57 Å². The minimum Gasteiger partial charge on any atom is -0.253 e. The molecule has 6 heavy (non-hydrogen) atoms. The van der Waals surface area contributed by atoms with Crippen molar-refractivity contribution < 1.29 is 0 Å². The molecule has 0 unspecified atom stereocenters. The van der Waals surface area contributed by atoms with Crippen LogP contribution in [0.2, 0.25) is 0 Å². The fourth-order valence-corrected chi connectivity index (χ4v) is 0.102. The first kappa shape index (κ1) is 5.70. The van der Waals surface area contributed by atoms with Gasteiger partial charge in [-0.05, 0) is 13.8 Å². The molecule has 1 nitrogen and oxygen atoms in total. The van der Waals surface area contributed by atoms with Crippen molar-refractivity contribution in [1.82, 2.24) is 5.73 Å². The zero-order chi connectivity index (χ0) is 4.99. The molecule has 0 spiro atoms. The summed E-state index contributed by atoms with van der Waals surface area (Å²) < 4.78 is 0. The standard InChI is InChI=1S/C5H10N/c1-3-5(2)4-6/h3,6H,4H2,1-2H3. The van der Waals surface area contributed by atoms with Gasteiger partial charge in [-0.15, -0.1) is 0 Å². The van der Waals surface area contributed by atoms with Gasteiger partial charge < -0.3 is 0 Å². The van der Waals surface area contributed by atoms with E-state index < -0.39 is 0 Å². The van der Waals surface area contributed by atoms with Crippen LogP contribution in [-0.2, 0) is 0 Å². The second-order valence-electron chi connectivity index (χ2n) is 1.31. The van der Waals surface area contributed by atoms with E-state index >= 15 is 0 Å². The lowest BCUT2D eigenvalue weighted by atomic mass is 10.3. The first-order valence-corrected chi connectivity index (χ1v) is 2.07. The van der Waals surface area contributed by atoms with Crippen LogP contribution in [-0.4, -0.2) is 6.54 Å². The fourth-order valence-electron chi connectivity index (χ4n) is 0.102. The summed E-state index contributed by atoms with van der Waals surface area (Å²) in [6, 6.07) is 0. The van der Waals surface area contributed by atoms with E-state index in [-0.39, 0.29) is 0 Å². The fraction of sp³-hybridized carbons (Fsp3) is 0.600. The average molecular weight is 84.1 g/mol. The maximum Gasteiger partial charge on any atom is 0.0307 e. The third-order valence-electron chi connectivity index (χ3n) is 0.772. The predicted molar refractivity (Wildman–Crippen MR) is 27.4 cm³/mol. The zero-order valence-electron chi connectivity index (χ0n) is 4.28. The molecule has 35 valence electrons. The Morgan fingerprint density at radius 2 is 2.33 bits per heavy atom. The van der Waals surface area contributed by atoms with Gasteiger partial charge in [0.2, 0.25) is 0 Å². The summed E-state index contributed by atoms with van der Waals surface area (Å²) in [6.07, 6.45) is 1.95. The van der Waals surface area contributed by atoms with Crippen LogP contribution in [0.3, 0.4) is 0 Å². The maximum atomic E-state index is 6.74. The second kappa shape index (κ2) is 2.91. The van der Waals surface area contributed by atoms with Crippen molar-refractivity contribution in [2.75, 3.05) is 6.54 Å². The van der Waals surface area contributed by atoms with Crippen LogP contribution in [0.15, 0.2) is 11.6 Å². The number of rotatable bonds is 1. The second-order valence-corrected chi connectivity index (χ2v) is 1.31. The quantitative estimate of drug-likeness (QED) is 0.427. The zero-order valence-corrected chi connectivity index (χ0v) is 4.28. The molecule has 1 radical (unpaired) electrons. The van der Waals surface area contributed by atoms with Crippen LogP contribution < -0.4 is 5.73 Å². The predicted octanol–water partition coefficient (Wildman–Crippen LogP) is 1.24. The van der Waals surface area contributed by atoms with Crippen LogP contribution in [0.1, 0.15) is 13.8 Å². The van der Waals surface area contributed by atoms with Gasteiger partial charge in [0, 0.05) is 6.54 Å². The van der Waals surface area contributed by atoms with Gasteiger partial charge in [0.05, 0.1) is 0 Å². The van der Waals surface area contributed by atoms with Gasteiger partial charge in [-0.3, -0.25) is 5.73 Å². The van der Waals surface area contributed by atoms with E-state index in [9.17, 15) is 0 Å². The molecule has 1 heteroatoms. The molecular weight excluding hydrogens is 74.1 g/mol. The third kappa shape index (κ3) is 1.97. The van der Waals surface area contributed by atoms with E-state index in [1.54, 1.807) is 0 Å². The van der Waals surface area contributed by atoms with E-state index in [1.165, 1.54) is 0 Å². The molecular formula is C5H10N. The smallest absolute Gasteiger partial charge is 0.0307 e. The SMILES string of the molecule is CC=C(C)C[NH]. The number of allylic oxidation sites excluding steroid dienone is 1. The Bertz CT molecular complexity index is 55.0. The summed E-state index contributed by atoms with van der Waals surface area (Å²) >= 11 is 0. The number of hydrogen-bond acceptors (Lipinski definition) is 0. The van der Waals surface area contributed by atoms with Crippen LogP contribution in [0.25, 0.3) is 0 Å². The maximum absolute atomic E-state index is 6.74. The molecule has 0 bridgehead atoms. The minimum atomic E-state index is 0.441. The van der Waals surface area contributed by atoms with E-state index in [4.69, 9.17) is 5.73 Å². The molecule has 0 rings (SSSR count). The lowest BCUT2D eigenvalue weighted by Crippen LogP contribution is -1.83. The van der Waals surface area contributed by atoms with Crippen molar-refractivity contribution in [1.29, 1.82) is 0 Å². The van der Waals surface area contributed by atoms with Gasteiger partial charge in [0.25, 0.3) is 0 Å². The first-order valence-electron chi connectivity index (χ1n) is 2.07. The molecule has 0 fully saturated rings. The molecule has 0 amide bonds. The normalized spacial score (nSPS) is 12.2. The highest BCUT2D eigenvalue weighted by Gasteiger charge is 1.74. The lowest BCUT2D eigenvalue weighted by Gasteiger charge is -1.84. The highest BCUT2D eigenvalue weighted by atomic mass is 14.5. The largest absolute Gasteiger partial charge is 0.253 e. The Balaban J connectivity index is 3.22. The molecule has 0 atom stereocenters. The summed E-state index contributed by atoms with van der Waals surface area (Å²) in [5, 5.41) is 0. The third-order valence-corrected chi connectivity index (χ3v) is 0.772. The lowest BCUT2D eigenvalue weighted by molar-refractivity contribution is 1.09. The molecule has 1 N–H and O–H groups in total. The number of nitrogens with one attached hydrogen (secondary N) is 1. The van der Waals surface area contributed by atoms with Crippen molar-refractivity contribution in [3.63, 3.8) is 0 Å². The first-order chi connectivity index (χ1) is 2.81. The molecule has 0 aromatic rings. The monoisotopic (exact) mass is 84.1 g/mol. The van der Waals surface area contributed by atoms with E-state index in [0.29, 0.717) is 6.54 Å². The van der Waals surface area contributed by atoms with Crippen LogP contribution >= 0.6 is 0 Å². The van der Waals surface area contributed by atoms with Crippen molar-refractivity contribution in [2.45, 2.75) is 13.8 Å². The molecule has 0 aliphatic carbocycles. The van der Waals surface area contributed by atoms with Gasteiger partial charge in [0.1, 0.15) is 0 Å². The topological polar surface area (TPSA) is 23.8 Å². The molecule has 0 saturated carbocycles. The summed E-state index contributed by atoms with van der Waals surface area (Å²) in [6.45, 7) is 4.34. The Kier molecular flexibility index (Phi) is 2.77. The summed E-state index contributed by atoms with van der Waals surface area (Å²) in [4.78, 5) is 0. The van der Waals surface area contributed by atoms with Gasteiger partial charge in [-0.1, -0.05) is 11.6 Å². The van der Waals surface area contributed by atoms with Gasteiger partial charge in [0.15, 0.2) is 0 Å². The Labute approximate surface area is 38.8 Å². The van der Waals surface area contributed by atoms with Crippen molar-refractivity contribution in [3.8, 4) is 0 Å². The molecule has 0 heterocycles. The van der Waals surface area contributed by atoms with E-state index in [1.807, 2.05) is 19.9 Å². The van der Waals surface area contributed by atoms with Gasteiger partial charge in [-0.25, -0.2) is 0 Å². The van der Waals surface area contributed by atoms with E-state index in [2.05, 4.69) is 0 Å². The van der Waals surface area contributed by atoms with Crippen LogP contribution in [0.4, 0.5) is 0 Å². The summed E-state index contributed by atoms with van der Waals surface area (Å²) in [5.74, 6) is 0. The van der Waals surface area contributed by atoms with Crippen molar-refractivity contribution in [2.24, 2.45) is 0 Å². The molecule has 0 aliphatic rings. The Hall–Kier alpha value is -0.300. The molecule has 0 aromatic carbocycles. The molecule has 0 aliphatic heterocycles. The Morgan fingerprint density at radius 3 is 2.33 bits per heavy atom. The van der Waals surface area contributed by atoms with Crippen LogP contribution in [0.5, 0.6) is 0 Å². The van der Waals surface area contributed by atoms with Crippen LogP contribution in [0, 0.1) is 0 Å². The average Bonchev–Trinajstić information content (AvgIpc) is 1.65. The minimum absolute atomic E-state index is 0.441. The van der Waals surface area contributed by atoms with Gasteiger partial charge in [-0.2, -0.15) is 0 Å². The molecule has 0 saturated heterocycles. The number of hydrogen-bond donors (Lipinski definition) is 0. The van der Waals surface area contributed by atoms with Crippen molar-refractivity contribution >= 4 is 0 Å². The summed E-state index contributed by atoms with van der Waals surface area (Å²) in [7, 11) is 0. The highest BCUT2D eigenvalue weighted by Crippen LogP contribution is 1.83. The Morgan fingerprint density at radius 1 is 1.83 bits per heavy atom.